The van der Waals surface area contributed by atoms with Gasteiger partial charge < -0.3 is 14.2 Å². The summed E-state index contributed by atoms with van der Waals surface area (Å²) in [6.45, 7) is 4.76. The smallest absolute Gasteiger partial charge is 0.278 e. The van der Waals surface area contributed by atoms with Crippen molar-refractivity contribution in [1.29, 1.82) is 0 Å². The van der Waals surface area contributed by atoms with Crippen LogP contribution in [0.25, 0.3) is 27.9 Å². The lowest BCUT2D eigenvalue weighted by molar-refractivity contribution is -0.385. The van der Waals surface area contributed by atoms with Gasteiger partial charge in [0.1, 0.15) is 5.75 Å². The predicted molar refractivity (Wildman–Crippen MR) is 152 cm³/mol. The quantitative estimate of drug-likeness (QED) is 0.192. The summed E-state index contributed by atoms with van der Waals surface area (Å²) in [6, 6.07) is 28.3. The number of aromatic nitrogens is 1. The monoisotopic (exact) mass is 501 g/mol. The minimum absolute atomic E-state index is 0.0867. The Morgan fingerprint density at radius 1 is 0.921 bits per heavy atom. The standard InChI is InChI=1S/C32H27N3O3/c1-31(2)25-10-5-7-12-29(25)34-20-24-28(35(36)37)13-8-14-30(24)38-32(31,34)18-17-21-15-16-27-23(19-21)22-9-4-6-11-26(22)33(27)3/h4-19H,20H2,1-3H3/b18-17+. The van der Waals surface area contributed by atoms with E-state index in [1.54, 1.807) is 12.1 Å². The van der Waals surface area contributed by atoms with E-state index in [-0.39, 0.29) is 10.6 Å². The van der Waals surface area contributed by atoms with Gasteiger partial charge in [0.2, 0.25) is 5.72 Å². The number of aryl methyl sites for hydroxylation is 1. The van der Waals surface area contributed by atoms with Crippen molar-refractivity contribution in [2.75, 3.05) is 4.90 Å². The third-order valence-corrected chi connectivity index (χ3v) is 8.49. The average Bonchev–Trinajstić information content (AvgIpc) is 3.31. The van der Waals surface area contributed by atoms with Crippen LogP contribution in [-0.2, 0) is 19.0 Å². The summed E-state index contributed by atoms with van der Waals surface area (Å²) in [5, 5.41) is 14.3. The number of nitro groups is 1. The summed E-state index contributed by atoms with van der Waals surface area (Å²) < 4.78 is 9.07. The maximum absolute atomic E-state index is 11.8. The predicted octanol–water partition coefficient (Wildman–Crippen LogP) is 7.34. The lowest BCUT2D eigenvalue weighted by Gasteiger charge is -2.48. The van der Waals surface area contributed by atoms with Crippen molar-refractivity contribution in [3.05, 3.63) is 118 Å². The highest BCUT2D eigenvalue weighted by Crippen LogP contribution is 2.57. The molecule has 2 aliphatic rings. The molecule has 6 nitrogen and oxygen atoms in total. The van der Waals surface area contributed by atoms with Gasteiger partial charge in [0.05, 0.1) is 22.4 Å². The normalized spacial score (nSPS) is 19.4. The van der Waals surface area contributed by atoms with Crippen LogP contribution in [0.1, 0.15) is 30.5 Å². The van der Waals surface area contributed by atoms with Crippen LogP contribution in [0.2, 0.25) is 0 Å². The first-order valence-corrected chi connectivity index (χ1v) is 12.8. The van der Waals surface area contributed by atoms with E-state index in [1.165, 1.54) is 21.8 Å². The Labute approximate surface area is 220 Å². The van der Waals surface area contributed by atoms with Crippen molar-refractivity contribution in [3.63, 3.8) is 0 Å². The molecule has 0 bridgehead atoms. The van der Waals surface area contributed by atoms with Crippen LogP contribution < -0.4 is 9.64 Å². The molecule has 0 saturated carbocycles. The molecule has 1 unspecified atom stereocenters. The number of hydrogen-bond donors (Lipinski definition) is 0. The zero-order valence-electron chi connectivity index (χ0n) is 21.5. The number of hydrogen-bond acceptors (Lipinski definition) is 4. The summed E-state index contributed by atoms with van der Waals surface area (Å²) in [7, 11) is 2.10. The molecule has 38 heavy (non-hydrogen) atoms. The Morgan fingerprint density at radius 3 is 2.53 bits per heavy atom. The minimum Gasteiger partial charge on any atom is -0.463 e. The molecule has 188 valence electrons. The molecule has 3 heterocycles. The van der Waals surface area contributed by atoms with Gasteiger partial charge >= 0.3 is 0 Å². The SMILES string of the molecule is Cn1c2ccccc2c2cc(/C=C/C34Oc5cccc([N+](=O)[O-])c5CN3c3ccccc3C4(C)C)ccc21. The third-order valence-electron chi connectivity index (χ3n) is 8.49. The Bertz CT molecular complexity index is 1820. The van der Waals surface area contributed by atoms with Crippen molar-refractivity contribution < 1.29 is 9.66 Å². The van der Waals surface area contributed by atoms with Crippen molar-refractivity contribution in [1.82, 2.24) is 4.57 Å². The summed E-state index contributed by atoms with van der Waals surface area (Å²) in [4.78, 5) is 13.7. The molecule has 6 heteroatoms. The number of nitrogens with zero attached hydrogens (tertiary/aromatic N) is 3. The van der Waals surface area contributed by atoms with Gasteiger partial charge in [0, 0.05) is 40.6 Å². The highest BCUT2D eigenvalue weighted by molar-refractivity contribution is 6.08. The Hall–Kier alpha value is -4.58. The molecule has 2 aliphatic heterocycles. The van der Waals surface area contributed by atoms with Gasteiger partial charge in [-0.1, -0.05) is 54.6 Å². The molecule has 0 spiro atoms. The summed E-state index contributed by atoms with van der Waals surface area (Å²) in [6.07, 6.45) is 4.27. The maximum atomic E-state index is 11.8. The van der Waals surface area contributed by atoms with Crippen LogP contribution in [0.3, 0.4) is 0 Å². The molecule has 0 amide bonds. The topological polar surface area (TPSA) is 60.5 Å². The van der Waals surface area contributed by atoms with Crippen LogP contribution in [0, 0.1) is 10.1 Å². The second kappa shape index (κ2) is 7.71. The van der Waals surface area contributed by atoms with E-state index >= 15 is 0 Å². The third kappa shape index (κ3) is 2.88. The largest absolute Gasteiger partial charge is 0.463 e. The lowest BCUT2D eigenvalue weighted by Crippen LogP contribution is -2.60. The van der Waals surface area contributed by atoms with E-state index < -0.39 is 11.1 Å². The van der Waals surface area contributed by atoms with Crippen molar-refractivity contribution in [2.24, 2.45) is 7.05 Å². The number of nitro benzene ring substituents is 1. The molecule has 0 radical (unpaired) electrons. The Balaban J connectivity index is 1.40. The number of benzene rings is 4. The molecule has 0 N–H and O–H groups in total. The van der Waals surface area contributed by atoms with Gasteiger partial charge in [0.15, 0.2) is 0 Å². The van der Waals surface area contributed by atoms with Gasteiger partial charge in [-0.15, -0.1) is 0 Å². The summed E-state index contributed by atoms with van der Waals surface area (Å²) in [5.41, 5.74) is 5.07. The van der Waals surface area contributed by atoms with E-state index in [9.17, 15) is 10.1 Å². The molecule has 0 fully saturated rings. The molecule has 1 aromatic heterocycles. The molecule has 0 aliphatic carbocycles. The van der Waals surface area contributed by atoms with Crippen LogP contribution in [0.4, 0.5) is 11.4 Å². The number of ether oxygens (including phenoxy) is 1. The van der Waals surface area contributed by atoms with Crippen molar-refractivity contribution in [3.8, 4) is 5.75 Å². The van der Waals surface area contributed by atoms with Crippen LogP contribution in [0.15, 0.2) is 91.0 Å². The van der Waals surface area contributed by atoms with Gasteiger partial charge in [-0.25, -0.2) is 0 Å². The molecule has 1 atom stereocenters. The molecular formula is C32H27N3O3. The number of fused-ring (bicyclic) bond motifs is 7. The first-order valence-electron chi connectivity index (χ1n) is 12.8. The lowest BCUT2D eigenvalue weighted by atomic mass is 9.76. The van der Waals surface area contributed by atoms with Gasteiger partial charge in [-0.3, -0.25) is 10.1 Å². The van der Waals surface area contributed by atoms with E-state index in [0.29, 0.717) is 17.9 Å². The molecular weight excluding hydrogens is 474 g/mol. The fraction of sp³-hybridized carbons (Fsp3) is 0.188. The Morgan fingerprint density at radius 2 is 1.68 bits per heavy atom. The first-order chi connectivity index (χ1) is 18.3. The fourth-order valence-electron chi connectivity index (χ4n) is 6.47. The number of para-hydroxylation sites is 2. The van der Waals surface area contributed by atoms with E-state index in [4.69, 9.17) is 4.74 Å². The summed E-state index contributed by atoms with van der Waals surface area (Å²) >= 11 is 0. The number of anilines is 1. The summed E-state index contributed by atoms with van der Waals surface area (Å²) in [5.74, 6) is 0.561. The average molecular weight is 502 g/mol. The van der Waals surface area contributed by atoms with E-state index in [0.717, 1.165) is 16.8 Å². The van der Waals surface area contributed by atoms with E-state index in [1.807, 2.05) is 18.2 Å². The maximum Gasteiger partial charge on any atom is 0.278 e. The Kier molecular flexibility index (Phi) is 4.59. The minimum atomic E-state index is -0.855. The second-order valence-corrected chi connectivity index (χ2v) is 10.7. The molecule has 5 aromatic rings. The zero-order chi connectivity index (χ0) is 26.2. The molecule has 7 rings (SSSR count). The van der Waals surface area contributed by atoms with Crippen LogP contribution in [-0.4, -0.2) is 15.2 Å². The van der Waals surface area contributed by atoms with Crippen LogP contribution in [0.5, 0.6) is 5.75 Å². The highest BCUT2D eigenvalue weighted by atomic mass is 16.6. The van der Waals surface area contributed by atoms with Gasteiger partial charge in [-0.05, 0) is 61.4 Å². The van der Waals surface area contributed by atoms with Gasteiger partial charge in [0.25, 0.3) is 5.69 Å². The fourth-order valence-corrected chi connectivity index (χ4v) is 6.47. The van der Waals surface area contributed by atoms with E-state index in [2.05, 4.69) is 97.1 Å². The highest BCUT2D eigenvalue weighted by Gasteiger charge is 2.60. The zero-order valence-corrected chi connectivity index (χ0v) is 21.5. The van der Waals surface area contributed by atoms with Gasteiger partial charge in [-0.2, -0.15) is 0 Å². The molecule has 4 aromatic carbocycles. The first kappa shape index (κ1) is 22.6. The van der Waals surface area contributed by atoms with Crippen molar-refractivity contribution >= 4 is 39.3 Å². The van der Waals surface area contributed by atoms with Crippen molar-refractivity contribution in [2.45, 2.75) is 31.5 Å². The van der Waals surface area contributed by atoms with Crippen LogP contribution >= 0.6 is 0 Å². The molecule has 0 saturated heterocycles. The number of rotatable bonds is 3. The second-order valence-electron chi connectivity index (χ2n) is 10.7.